The first-order valence-electron chi connectivity index (χ1n) is 6.82. The van der Waals surface area contributed by atoms with E-state index >= 15 is 0 Å². The van der Waals surface area contributed by atoms with Gasteiger partial charge in [-0.15, -0.1) is 0 Å². The summed E-state index contributed by atoms with van der Waals surface area (Å²) in [4.78, 5) is 12.1. The Labute approximate surface area is 161 Å². The number of ether oxygens (including phenoxy) is 1. The van der Waals surface area contributed by atoms with E-state index in [-0.39, 0.29) is 12.3 Å². The van der Waals surface area contributed by atoms with Crippen molar-refractivity contribution in [2.45, 2.75) is 6.61 Å². The zero-order valence-electron chi connectivity index (χ0n) is 12.4. The highest BCUT2D eigenvalue weighted by molar-refractivity contribution is 14.1. The number of benzene rings is 2. The maximum Gasteiger partial charge on any atom is 0.368 e. The molecule has 3 rings (SSSR count). The van der Waals surface area contributed by atoms with Crippen molar-refractivity contribution < 1.29 is 4.74 Å². The van der Waals surface area contributed by atoms with E-state index < -0.39 is 0 Å². The summed E-state index contributed by atoms with van der Waals surface area (Å²) >= 11 is 14.3. The Morgan fingerprint density at radius 1 is 1.21 bits per heavy atom. The highest BCUT2D eigenvalue weighted by Crippen LogP contribution is 2.29. The molecule has 9 heteroatoms. The molecule has 6 nitrogen and oxygen atoms in total. The monoisotopic (exact) mass is 476 g/mol. The van der Waals surface area contributed by atoms with Crippen LogP contribution < -0.4 is 10.4 Å². The number of hydrogen-bond donors (Lipinski definition) is 0. The molecule has 0 N–H and O–H groups in total. The SMILES string of the molecule is Cn1nnn(-c2cccc(I)c2COc2cc(Cl)ccc2Cl)c1=O. The molecule has 0 amide bonds. The molecule has 1 heterocycles. The zero-order chi connectivity index (χ0) is 17.3. The van der Waals surface area contributed by atoms with Crippen molar-refractivity contribution in [2.24, 2.45) is 7.05 Å². The molecule has 0 saturated heterocycles. The quantitative estimate of drug-likeness (QED) is 0.541. The lowest BCUT2D eigenvalue weighted by atomic mass is 10.2. The molecule has 24 heavy (non-hydrogen) atoms. The fraction of sp³-hybridized carbons (Fsp3) is 0.133. The minimum Gasteiger partial charge on any atom is -0.487 e. The van der Waals surface area contributed by atoms with Gasteiger partial charge in [-0.3, -0.25) is 0 Å². The molecule has 0 spiro atoms. The van der Waals surface area contributed by atoms with Crippen LogP contribution in [0.3, 0.4) is 0 Å². The Morgan fingerprint density at radius 3 is 2.71 bits per heavy atom. The Balaban J connectivity index is 1.98. The summed E-state index contributed by atoms with van der Waals surface area (Å²) in [5.74, 6) is 0.473. The van der Waals surface area contributed by atoms with Gasteiger partial charge in [-0.1, -0.05) is 29.3 Å². The lowest BCUT2D eigenvalue weighted by Gasteiger charge is -2.13. The number of halogens is 3. The van der Waals surface area contributed by atoms with Gasteiger partial charge in [0.25, 0.3) is 0 Å². The molecule has 0 aliphatic heterocycles. The first-order valence-corrected chi connectivity index (χ1v) is 8.65. The summed E-state index contributed by atoms with van der Waals surface area (Å²) < 4.78 is 9.13. The summed E-state index contributed by atoms with van der Waals surface area (Å²) in [6.45, 7) is 0.206. The second-order valence-electron chi connectivity index (χ2n) is 4.90. The summed E-state index contributed by atoms with van der Waals surface area (Å²) in [7, 11) is 1.54. The number of tetrazole rings is 1. The fourth-order valence-corrected chi connectivity index (χ4v) is 3.06. The van der Waals surface area contributed by atoms with Crippen LogP contribution in [0.25, 0.3) is 5.69 Å². The maximum atomic E-state index is 12.1. The van der Waals surface area contributed by atoms with Crippen molar-refractivity contribution in [3.63, 3.8) is 0 Å². The van der Waals surface area contributed by atoms with Crippen molar-refractivity contribution in [2.75, 3.05) is 0 Å². The van der Waals surface area contributed by atoms with Crippen molar-refractivity contribution in [3.8, 4) is 11.4 Å². The van der Waals surface area contributed by atoms with Crippen molar-refractivity contribution >= 4 is 45.8 Å². The lowest BCUT2D eigenvalue weighted by molar-refractivity contribution is 0.305. The van der Waals surface area contributed by atoms with Crippen molar-refractivity contribution in [1.82, 2.24) is 19.8 Å². The largest absolute Gasteiger partial charge is 0.487 e. The highest BCUT2D eigenvalue weighted by Gasteiger charge is 2.15. The van der Waals surface area contributed by atoms with E-state index in [0.717, 1.165) is 9.13 Å². The minimum atomic E-state index is -0.334. The van der Waals surface area contributed by atoms with Gasteiger partial charge in [0.05, 0.1) is 10.7 Å². The van der Waals surface area contributed by atoms with Gasteiger partial charge < -0.3 is 4.74 Å². The number of rotatable bonds is 4. The molecule has 124 valence electrons. The third-order valence-corrected chi connectivity index (χ3v) is 4.87. The van der Waals surface area contributed by atoms with E-state index in [2.05, 4.69) is 33.0 Å². The van der Waals surface area contributed by atoms with Crippen molar-refractivity contribution in [1.29, 1.82) is 0 Å². The molecular formula is C15H11Cl2IN4O2. The third-order valence-electron chi connectivity index (χ3n) is 3.31. The normalized spacial score (nSPS) is 10.8. The smallest absolute Gasteiger partial charge is 0.368 e. The van der Waals surface area contributed by atoms with Gasteiger partial charge in [0.2, 0.25) is 0 Å². The van der Waals surface area contributed by atoms with Crippen LogP contribution in [0.1, 0.15) is 5.56 Å². The predicted molar refractivity (Wildman–Crippen MR) is 100 cm³/mol. The Bertz CT molecular complexity index is 955. The van der Waals surface area contributed by atoms with Gasteiger partial charge in [0, 0.05) is 27.3 Å². The molecule has 1 aromatic heterocycles. The van der Waals surface area contributed by atoms with Gasteiger partial charge in [0.1, 0.15) is 12.4 Å². The molecule has 0 unspecified atom stereocenters. The van der Waals surface area contributed by atoms with Gasteiger partial charge >= 0.3 is 5.69 Å². The van der Waals surface area contributed by atoms with Gasteiger partial charge in [0.15, 0.2) is 0 Å². The van der Waals surface area contributed by atoms with Gasteiger partial charge in [-0.05, 0) is 57.3 Å². The molecule has 0 fully saturated rings. The summed E-state index contributed by atoms with van der Waals surface area (Å²) in [6.07, 6.45) is 0. The lowest BCUT2D eigenvalue weighted by Crippen LogP contribution is -2.23. The molecule has 3 aromatic rings. The molecule has 0 aliphatic rings. The second-order valence-corrected chi connectivity index (χ2v) is 6.90. The molecular weight excluding hydrogens is 466 g/mol. The van der Waals surface area contributed by atoms with E-state index in [4.69, 9.17) is 27.9 Å². The topological polar surface area (TPSA) is 61.9 Å². The van der Waals surface area contributed by atoms with Crippen LogP contribution in [-0.2, 0) is 13.7 Å². The van der Waals surface area contributed by atoms with Crippen LogP contribution in [0.4, 0.5) is 0 Å². The predicted octanol–water partition coefficient (Wildman–Crippen LogP) is 3.46. The van der Waals surface area contributed by atoms with Gasteiger partial charge in [-0.25, -0.2) is 4.79 Å². The molecule has 0 atom stereocenters. The van der Waals surface area contributed by atoms with Crippen LogP contribution in [0.15, 0.2) is 41.2 Å². The summed E-state index contributed by atoms with van der Waals surface area (Å²) in [5.41, 5.74) is 1.08. The second kappa shape index (κ2) is 7.12. The van der Waals surface area contributed by atoms with Crippen molar-refractivity contribution in [3.05, 3.63) is 66.1 Å². The van der Waals surface area contributed by atoms with Crippen LogP contribution in [0, 0.1) is 3.57 Å². The number of aromatic nitrogens is 4. The Kier molecular flexibility index (Phi) is 5.12. The van der Waals surface area contributed by atoms with Crippen LogP contribution >= 0.6 is 45.8 Å². The summed E-state index contributed by atoms with van der Waals surface area (Å²) in [5, 5.41) is 8.62. The van der Waals surface area contributed by atoms with Gasteiger partial charge in [-0.2, -0.15) is 9.36 Å². The fourth-order valence-electron chi connectivity index (χ4n) is 2.09. The first-order chi connectivity index (χ1) is 11.5. The summed E-state index contributed by atoms with van der Waals surface area (Å²) in [6, 6.07) is 10.6. The molecule has 0 saturated carbocycles. The minimum absolute atomic E-state index is 0.206. The zero-order valence-corrected chi connectivity index (χ0v) is 16.1. The highest BCUT2D eigenvalue weighted by atomic mass is 127. The van der Waals surface area contributed by atoms with E-state index in [9.17, 15) is 4.79 Å². The standard InChI is InChI=1S/C15H11Cl2IN4O2/c1-21-15(23)22(20-19-21)13-4-2-3-12(18)10(13)8-24-14-7-9(16)5-6-11(14)17/h2-7H,8H2,1H3. The molecule has 0 aliphatic carbocycles. The van der Waals surface area contributed by atoms with E-state index in [0.29, 0.717) is 21.5 Å². The Hall–Kier alpha value is -1.58. The average Bonchev–Trinajstić information content (AvgIpc) is 2.88. The van der Waals surface area contributed by atoms with E-state index in [1.54, 1.807) is 31.3 Å². The third kappa shape index (κ3) is 3.42. The first kappa shape index (κ1) is 17.2. The number of hydrogen-bond acceptors (Lipinski definition) is 4. The molecule has 2 aromatic carbocycles. The maximum absolute atomic E-state index is 12.1. The average molecular weight is 477 g/mol. The Morgan fingerprint density at radius 2 is 2.00 bits per heavy atom. The molecule has 0 radical (unpaired) electrons. The molecule has 0 bridgehead atoms. The number of aryl methyl sites for hydroxylation is 1. The van der Waals surface area contributed by atoms with Crippen LogP contribution in [-0.4, -0.2) is 19.8 Å². The van der Waals surface area contributed by atoms with E-state index in [1.807, 2.05) is 12.1 Å². The van der Waals surface area contributed by atoms with E-state index in [1.165, 1.54) is 9.36 Å². The van der Waals surface area contributed by atoms with Crippen LogP contribution in [0.5, 0.6) is 5.75 Å². The van der Waals surface area contributed by atoms with Crippen LogP contribution in [0.2, 0.25) is 10.0 Å². The number of nitrogens with zero attached hydrogens (tertiary/aromatic N) is 4.